The van der Waals surface area contributed by atoms with E-state index in [4.69, 9.17) is 0 Å². The molecule has 0 saturated heterocycles. The zero-order chi connectivity index (χ0) is 27.6. The second-order valence-electron chi connectivity index (χ2n) is 13.0. The Bertz CT molecular complexity index is 2570. The monoisotopic (exact) mass is 552 g/mol. The SMILES string of the molecule is Cc1cc2c3c(c1)-n1c4c(cccc4c4sc5ccccc5c41)B3c1cccc3c4c(n-2c13)-c1ccccc1C4(C)C. The van der Waals surface area contributed by atoms with Crippen molar-refractivity contribution >= 4 is 76.5 Å². The van der Waals surface area contributed by atoms with Crippen LogP contribution in [-0.4, -0.2) is 15.8 Å². The van der Waals surface area contributed by atoms with Crippen LogP contribution < -0.4 is 16.4 Å². The van der Waals surface area contributed by atoms with Crippen LogP contribution in [0.15, 0.2) is 97.1 Å². The molecular weight excluding hydrogens is 527 g/mol. The quantitative estimate of drug-likeness (QED) is 0.171. The Morgan fingerprint density at radius 1 is 0.667 bits per heavy atom. The molecule has 42 heavy (non-hydrogen) atoms. The van der Waals surface area contributed by atoms with E-state index in [9.17, 15) is 0 Å². The second-order valence-corrected chi connectivity index (χ2v) is 14.0. The molecule has 0 saturated carbocycles. The first-order valence-corrected chi connectivity index (χ1v) is 15.7. The van der Waals surface area contributed by atoms with Crippen LogP contribution >= 0.6 is 11.3 Å². The highest BCUT2D eigenvalue weighted by atomic mass is 32.1. The van der Waals surface area contributed by atoms with Crippen LogP contribution in [0.5, 0.6) is 0 Å². The Morgan fingerprint density at radius 3 is 2.17 bits per heavy atom. The van der Waals surface area contributed by atoms with Gasteiger partial charge in [0.1, 0.15) is 0 Å². The number of fused-ring (bicyclic) bond motifs is 14. The van der Waals surface area contributed by atoms with Crippen LogP contribution in [0.25, 0.3) is 64.7 Å². The Labute approximate surface area is 247 Å². The Morgan fingerprint density at radius 2 is 1.33 bits per heavy atom. The maximum atomic E-state index is 2.65. The number of aromatic nitrogens is 2. The maximum Gasteiger partial charge on any atom is 0.252 e. The molecule has 0 bridgehead atoms. The predicted octanol–water partition coefficient (Wildman–Crippen LogP) is 7.70. The Kier molecular flexibility index (Phi) is 3.64. The van der Waals surface area contributed by atoms with Crippen LogP contribution in [0.3, 0.4) is 0 Å². The molecule has 11 rings (SSSR count). The molecule has 0 radical (unpaired) electrons. The van der Waals surface area contributed by atoms with Crippen LogP contribution in [0.2, 0.25) is 0 Å². The van der Waals surface area contributed by atoms with Crippen molar-refractivity contribution in [3.8, 4) is 22.6 Å². The van der Waals surface area contributed by atoms with E-state index in [1.54, 1.807) is 0 Å². The number of hydrogen-bond donors (Lipinski definition) is 0. The third kappa shape index (κ3) is 2.23. The molecule has 0 unspecified atom stereocenters. The number of thiophene rings is 1. The number of rotatable bonds is 0. The Hall–Kier alpha value is -4.54. The molecule has 3 aromatic heterocycles. The summed E-state index contributed by atoms with van der Waals surface area (Å²) < 4.78 is 8.02. The van der Waals surface area contributed by atoms with Gasteiger partial charge in [-0.1, -0.05) is 92.7 Å². The van der Waals surface area contributed by atoms with E-state index in [1.807, 2.05) is 11.3 Å². The molecule has 4 heteroatoms. The predicted molar refractivity (Wildman–Crippen MR) is 180 cm³/mol. The minimum Gasteiger partial charge on any atom is -0.310 e. The summed E-state index contributed by atoms with van der Waals surface area (Å²) in [4.78, 5) is 0. The van der Waals surface area contributed by atoms with Crippen LogP contribution in [0.1, 0.15) is 30.5 Å². The molecule has 0 N–H and O–H groups in total. The van der Waals surface area contributed by atoms with Crippen LogP contribution in [0, 0.1) is 6.92 Å². The van der Waals surface area contributed by atoms with Gasteiger partial charge in [-0.2, -0.15) is 0 Å². The van der Waals surface area contributed by atoms with Gasteiger partial charge < -0.3 is 9.13 Å². The number of hydrogen-bond acceptors (Lipinski definition) is 1. The number of benzene rings is 5. The fourth-order valence-electron chi connectivity index (χ4n) is 9.01. The van der Waals surface area contributed by atoms with E-state index < -0.39 is 0 Å². The van der Waals surface area contributed by atoms with Crippen molar-refractivity contribution in [3.63, 3.8) is 0 Å². The molecule has 3 aliphatic rings. The Balaban J connectivity index is 1.39. The molecule has 5 aromatic carbocycles. The summed E-state index contributed by atoms with van der Waals surface area (Å²) in [5.41, 5.74) is 18.0. The molecule has 0 spiro atoms. The largest absolute Gasteiger partial charge is 0.310 e. The molecule has 1 aliphatic carbocycles. The summed E-state index contributed by atoms with van der Waals surface area (Å²) in [5, 5.41) is 4.13. The van der Waals surface area contributed by atoms with Gasteiger partial charge in [0.2, 0.25) is 0 Å². The second kappa shape index (κ2) is 6.91. The summed E-state index contributed by atoms with van der Waals surface area (Å²) in [6.07, 6.45) is 0. The van der Waals surface area contributed by atoms with Gasteiger partial charge in [-0.3, -0.25) is 0 Å². The van der Waals surface area contributed by atoms with Gasteiger partial charge in [-0.15, -0.1) is 11.3 Å². The van der Waals surface area contributed by atoms with Crippen molar-refractivity contribution in [2.75, 3.05) is 0 Å². The number of aryl methyl sites for hydroxylation is 1. The lowest BCUT2D eigenvalue weighted by atomic mass is 9.34. The van der Waals surface area contributed by atoms with Gasteiger partial charge in [0.25, 0.3) is 6.71 Å². The minimum atomic E-state index is -0.0616. The van der Waals surface area contributed by atoms with Crippen molar-refractivity contribution < 1.29 is 0 Å². The molecule has 0 atom stereocenters. The van der Waals surface area contributed by atoms with Gasteiger partial charge in [0.05, 0.1) is 21.4 Å². The molecule has 0 fully saturated rings. The summed E-state index contributed by atoms with van der Waals surface area (Å²) in [7, 11) is 0. The third-order valence-electron chi connectivity index (χ3n) is 10.5. The van der Waals surface area contributed by atoms with Crippen molar-refractivity contribution in [1.82, 2.24) is 9.13 Å². The molecule has 8 aromatic rings. The summed E-state index contributed by atoms with van der Waals surface area (Å²) in [6.45, 7) is 7.30. The summed E-state index contributed by atoms with van der Waals surface area (Å²) in [6, 6.07) is 37.0. The van der Waals surface area contributed by atoms with Crippen molar-refractivity contribution in [1.29, 1.82) is 0 Å². The molecule has 0 amide bonds. The lowest BCUT2D eigenvalue weighted by Gasteiger charge is -2.34. The lowest BCUT2D eigenvalue weighted by Crippen LogP contribution is -2.59. The van der Waals surface area contributed by atoms with Gasteiger partial charge in [-0.25, -0.2) is 0 Å². The highest BCUT2D eigenvalue weighted by Gasteiger charge is 2.46. The fraction of sp³-hybridized carbons (Fsp3) is 0.105. The van der Waals surface area contributed by atoms with Gasteiger partial charge in [0.15, 0.2) is 0 Å². The van der Waals surface area contributed by atoms with E-state index in [1.165, 1.54) is 97.8 Å². The first-order chi connectivity index (χ1) is 20.5. The van der Waals surface area contributed by atoms with Crippen molar-refractivity contribution in [3.05, 3.63) is 114 Å². The number of para-hydroxylation sites is 2. The van der Waals surface area contributed by atoms with E-state index >= 15 is 0 Å². The first kappa shape index (κ1) is 22.1. The van der Waals surface area contributed by atoms with Crippen molar-refractivity contribution in [2.45, 2.75) is 26.2 Å². The highest BCUT2D eigenvalue weighted by Crippen LogP contribution is 2.54. The molecule has 2 nitrogen and oxygen atoms in total. The minimum absolute atomic E-state index is 0.0616. The lowest BCUT2D eigenvalue weighted by molar-refractivity contribution is 0.666. The standard InChI is InChI=1S/C38H25BN2S/c1-20-18-28-32-29(19-20)41-34-24(37-36(41)22-11-5-7-17-30(22)42-37)13-9-16-27(34)39(32)26-15-8-12-23-31-35(40(28)33(23)26)21-10-4-6-14-25(21)38(31,2)3/h4-19H,1-3H3. The van der Waals surface area contributed by atoms with Gasteiger partial charge in [0, 0.05) is 48.7 Å². The van der Waals surface area contributed by atoms with E-state index in [0.717, 1.165) is 0 Å². The van der Waals surface area contributed by atoms with Gasteiger partial charge >= 0.3 is 0 Å². The summed E-state index contributed by atoms with van der Waals surface area (Å²) >= 11 is 1.94. The first-order valence-electron chi connectivity index (χ1n) is 14.9. The highest BCUT2D eigenvalue weighted by molar-refractivity contribution is 7.26. The molecule has 196 valence electrons. The maximum absolute atomic E-state index is 2.65. The normalized spacial score (nSPS) is 15.2. The van der Waals surface area contributed by atoms with E-state index in [2.05, 4.69) is 127 Å². The zero-order valence-electron chi connectivity index (χ0n) is 23.6. The average molecular weight is 553 g/mol. The van der Waals surface area contributed by atoms with E-state index in [-0.39, 0.29) is 12.1 Å². The third-order valence-corrected chi connectivity index (χ3v) is 11.7. The topological polar surface area (TPSA) is 9.86 Å². The fourth-order valence-corrected chi connectivity index (χ4v) is 10.2. The van der Waals surface area contributed by atoms with Gasteiger partial charge in [-0.05, 0) is 58.2 Å². The molecule has 5 heterocycles. The summed E-state index contributed by atoms with van der Waals surface area (Å²) in [5.74, 6) is 0. The molecular formula is C38H25BN2S. The van der Waals surface area contributed by atoms with Crippen LogP contribution in [-0.2, 0) is 5.41 Å². The zero-order valence-corrected chi connectivity index (χ0v) is 24.4. The van der Waals surface area contributed by atoms with E-state index in [0.29, 0.717) is 0 Å². The molecule has 2 aliphatic heterocycles. The number of nitrogens with zero attached hydrogens (tertiary/aromatic N) is 2. The van der Waals surface area contributed by atoms with Crippen molar-refractivity contribution in [2.24, 2.45) is 0 Å². The smallest absolute Gasteiger partial charge is 0.252 e. The average Bonchev–Trinajstić information content (AvgIpc) is 3.71. The van der Waals surface area contributed by atoms with Crippen LogP contribution in [0.4, 0.5) is 0 Å².